The molecule has 0 spiro atoms. The van der Waals surface area contributed by atoms with Gasteiger partial charge in [-0.25, -0.2) is 9.97 Å². The zero-order valence-corrected chi connectivity index (χ0v) is 12.2. The highest BCUT2D eigenvalue weighted by Crippen LogP contribution is 2.24. The number of benzene rings is 1. The van der Waals surface area contributed by atoms with E-state index >= 15 is 0 Å². The Balaban J connectivity index is 1.57. The van der Waals surface area contributed by atoms with Crippen molar-refractivity contribution in [1.82, 2.24) is 15.3 Å². The molecule has 1 aliphatic rings. The molecule has 0 saturated heterocycles. The molecule has 0 aliphatic heterocycles. The van der Waals surface area contributed by atoms with Crippen LogP contribution >= 0.6 is 11.6 Å². The van der Waals surface area contributed by atoms with E-state index in [-0.39, 0.29) is 0 Å². The van der Waals surface area contributed by atoms with Crippen LogP contribution < -0.4 is 5.32 Å². The molecule has 1 aromatic heterocycles. The highest BCUT2D eigenvalue weighted by Gasteiger charge is 2.18. The van der Waals surface area contributed by atoms with Crippen LogP contribution in [-0.4, -0.2) is 16.5 Å². The fourth-order valence-corrected chi connectivity index (χ4v) is 2.92. The zero-order valence-electron chi connectivity index (χ0n) is 11.4. The molecule has 1 N–H and O–H groups in total. The van der Waals surface area contributed by atoms with Gasteiger partial charge in [0, 0.05) is 25.2 Å². The second-order valence-corrected chi connectivity index (χ2v) is 5.47. The predicted molar refractivity (Wildman–Crippen MR) is 80.9 cm³/mol. The van der Waals surface area contributed by atoms with E-state index in [0.29, 0.717) is 5.28 Å². The van der Waals surface area contributed by atoms with Crippen LogP contribution in [0.2, 0.25) is 5.28 Å². The van der Waals surface area contributed by atoms with Gasteiger partial charge in [-0.15, -0.1) is 0 Å². The Morgan fingerprint density at radius 2 is 1.95 bits per heavy atom. The van der Waals surface area contributed by atoms with E-state index in [2.05, 4.69) is 39.6 Å². The third-order valence-corrected chi connectivity index (χ3v) is 3.87. The van der Waals surface area contributed by atoms with Crippen LogP contribution in [0.1, 0.15) is 28.9 Å². The first-order valence-electron chi connectivity index (χ1n) is 7.12. The fourth-order valence-electron chi connectivity index (χ4n) is 2.72. The fraction of sp³-hybridized carbons (Fsp3) is 0.375. The largest absolute Gasteiger partial charge is 0.312 e. The molecule has 3 rings (SSSR count). The van der Waals surface area contributed by atoms with Crippen molar-refractivity contribution in [2.24, 2.45) is 0 Å². The van der Waals surface area contributed by atoms with Gasteiger partial charge in [-0.3, -0.25) is 0 Å². The lowest BCUT2D eigenvalue weighted by atomic mass is 10.1. The molecule has 0 saturated carbocycles. The molecule has 0 radical (unpaired) electrons. The number of hydrogen-bond acceptors (Lipinski definition) is 3. The van der Waals surface area contributed by atoms with Crippen LogP contribution in [0.3, 0.4) is 0 Å². The molecule has 0 amide bonds. The summed E-state index contributed by atoms with van der Waals surface area (Å²) in [6.07, 6.45) is 4.23. The van der Waals surface area contributed by atoms with E-state index < -0.39 is 0 Å². The number of aryl methyl sites for hydroxylation is 1. The summed E-state index contributed by atoms with van der Waals surface area (Å²) in [6.45, 7) is 1.80. The van der Waals surface area contributed by atoms with Gasteiger partial charge >= 0.3 is 0 Å². The van der Waals surface area contributed by atoms with Crippen LogP contribution in [0, 0.1) is 0 Å². The molecule has 0 unspecified atom stereocenters. The number of nitrogens with zero attached hydrogens (tertiary/aromatic N) is 2. The van der Waals surface area contributed by atoms with Crippen molar-refractivity contribution < 1.29 is 0 Å². The van der Waals surface area contributed by atoms with Crippen molar-refractivity contribution in [1.29, 1.82) is 0 Å². The molecular formula is C16H18ClN3. The monoisotopic (exact) mass is 287 g/mol. The highest BCUT2D eigenvalue weighted by molar-refractivity contribution is 6.28. The van der Waals surface area contributed by atoms with Crippen molar-refractivity contribution in [2.45, 2.75) is 32.2 Å². The van der Waals surface area contributed by atoms with Crippen molar-refractivity contribution in [2.75, 3.05) is 6.54 Å². The van der Waals surface area contributed by atoms with Gasteiger partial charge < -0.3 is 5.32 Å². The molecule has 0 atom stereocenters. The van der Waals surface area contributed by atoms with Crippen LogP contribution in [0.25, 0.3) is 0 Å². The maximum atomic E-state index is 5.99. The average Bonchev–Trinajstić information content (AvgIpc) is 2.92. The molecular weight excluding hydrogens is 270 g/mol. The molecule has 104 valence electrons. The Morgan fingerprint density at radius 1 is 1.10 bits per heavy atom. The van der Waals surface area contributed by atoms with E-state index in [9.17, 15) is 0 Å². The SMILES string of the molecule is Clc1nc2c(c(CCNCc3ccccc3)n1)CCC2. The van der Waals surface area contributed by atoms with Crippen LogP contribution in [0.4, 0.5) is 0 Å². The molecule has 20 heavy (non-hydrogen) atoms. The smallest absolute Gasteiger partial charge is 0.222 e. The van der Waals surface area contributed by atoms with E-state index in [1.165, 1.54) is 17.5 Å². The zero-order chi connectivity index (χ0) is 13.8. The summed E-state index contributed by atoms with van der Waals surface area (Å²) in [4.78, 5) is 8.73. The summed E-state index contributed by atoms with van der Waals surface area (Å²) in [6, 6.07) is 10.4. The number of rotatable bonds is 5. The summed E-state index contributed by atoms with van der Waals surface area (Å²) in [5, 5.41) is 3.85. The lowest BCUT2D eigenvalue weighted by Gasteiger charge is -2.09. The summed E-state index contributed by atoms with van der Waals surface area (Å²) >= 11 is 5.99. The van der Waals surface area contributed by atoms with Gasteiger partial charge in [-0.05, 0) is 42.0 Å². The quantitative estimate of drug-likeness (QED) is 0.679. The first-order valence-corrected chi connectivity index (χ1v) is 7.49. The predicted octanol–water partition coefficient (Wildman–Crippen LogP) is 2.95. The van der Waals surface area contributed by atoms with Gasteiger partial charge in [-0.2, -0.15) is 0 Å². The van der Waals surface area contributed by atoms with Gasteiger partial charge in [-0.1, -0.05) is 30.3 Å². The Labute approximate surface area is 124 Å². The van der Waals surface area contributed by atoms with Crippen molar-refractivity contribution in [3.05, 3.63) is 58.1 Å². The van der Waals surface area contributed by atoms with Gasteiger partial charge in [0.25, 0.3) is 0 Å². The Kier molecular flexibility index (Phi) is 4.28. The van der Waals surface area contributed by atoms with E-state index in [1.54, 1.807) is 0 Å². The summed E-state index contributed by atoms with van der Waals surface area (Å²) in [5.74, 6) is 0. The number of fused-ring (bicyclic) bond motifs is 1. The van der Waals surface area contributed by atoms with Crippen LogP contribution in [0.5, 0.6) is 0 Å². The second kappa shape index (κ2) is 6.33. The molecule has 3 nitrogen and oxygen atoms in total. The van der Waals surface area contributed by atoms with Crippen molar-refractivity contribution in [3.8, 4) is 0 Å². The van der Waals surface area contributed by atoms with Gasteiger partial charge in [0.2, 0.25) is 5.28 Å². The maximum absolute atomic E-state index is 5.99. The minimum atomic E-state index is 0.392. The number of aromatic nitrogens is 2. The minimum absolute atomic E-state index is 0.392. The van der Waals surface area contributed by atoms with Crippen molar-refractivity contribution >= 4 is 11.6 Å². The first kappa shape index (κ1) is 13.5. The lowest BCUT2D eigenvalue weighted by Crippen LogP contribution is -2.18. The van der Waals surface area contributed by atoms with Gasteiger partial charge in [0.15, 0.2) is 0 Å². The minimum Gasteiger partial charge on any atom is -0.312 e. The molecule has 4 heteroatoms. The standard InChI is InChI=1S/C16H18ClN3/c17-16-19-14-8-4-7-13(14)15(20-16)9-10-18-11-12-5-2-1-3-6-12/h1-3,5-6,18H,4,7-11H2. The van der Waals surface area contributed by atoms with Crippen LogP contribution in [-0.2, 0) is 25.8 Å². The molecule has 1 aliphatic carbocycles. The average molecular weight is 288 g/mol. The number of nitrogens with one attached hydrogen (secondary N) is 1. The molecule has 1 aromatic carbocycles. The molecule has 1 heterocycles. The number of hydrogen-bond donors (Lipinski definition) is 1. The normalized spacial score (nSPS) is 13.4. The third-order valence-electron chi connectivity index (χ3n) is 3.70. The summed E-state index contributed by atoms with van der Waals surface area (Å²) < 4.78 is 0. The second-order valence-electron chi connectivity index (χ2n) is 5.13. The maximum Gasteiger partial charge on any atom is 0.222 e. The first-order chi connectivity index (χ1) is 9.83. The van der Waals surface area contributed by atoms with E-state index in [4.69, 9.17) is 11.6 Å². The third kappa shape index (κ3) is 3.17. The topological polar surface area (TPSA) is 37.8 Å². The van der Waals surface area contributed by atoms with E-state index in [1.807, 2.05) is 6.07 Å². The van der Waals surface area contributed by atoms with Gasteiger partial charge in [0.05, 0.1) is 5.69 Å². The Bertz CT molecular complexity index is 584. The molecule has 0 fully saturated rings. The molecule has 2 aromatic rings. The Morgan fingerprint density at radius 3 is 2.80 bits per heavy atom. The Hall–Kier alpha value is -1.45. The number of halogens is 1. The van der Waals surface area contributed by atoms with E-state index in [0.717, 1.165) is 43.7 Å². The van der Waals surface area contributed by atoms with Gasteiger partial charge in [0.1, 0.15) is 0 Å². The highest BCUT2D eigenvalue weighted by atomic mass is 35.5. The van der Waals surface area contributed by atoms with Crippen molar-refractivity contribution in [3.63, 3.8) is 0 Å². The summed E-state index contributed by atoms with van der Waals surface area (Å²) in [7, 11) is 0. The molecule has 0 bridgehead atoms. The lowest BCUT2D eigenvalue weighted by molar-refractivity contribution is 0.675. The van der Waals surface area contributed by atoms with Crippen LogP contribution in [0.15, 0.2) is 30.3 Å². The summed E-state index contributed by atoms with van der Waals surface area (Å²) in [5.41, 5.74) is 4.91.